The molecule has 0 radical (unpaired) electrons. The minimum absolute atomic E-state index is 0.0372. The van der Waals surface area contributed by atoms with Crippen LogP contribution in [0.1, 0.15) is 0 Å². The molecule has 0 aliphatic heterocycles. The van der Waals surface area contributed by atoms with Crippen LogP contribution in [0.15, 0.2) is 81.7 Å². The van der Waals surface area contributed by atoms with E-state index < -0.39 is 0 Å². The Morgan fingerprint density at radius 3 is 2.16 bits per heavy atom. The molecular weight excluding hydrogens is 540 g/mol. The average molecular weight is 552 g/mol. The fraction of sp³-hybridized carbons (Fsp3) is 0. The topological polar surface area (TPSA) is 48.1 Å². The van der Waals surface area contributed by atoms with Crippen LogP contribution in [0.4, 0.5) is 5.69 Å². The molecule has 0 saturated heterocycles. The van der Waals surface area contributed by atoms with Crippen LogP contribution in [0.2, 0.25) is 0 Å². The number of thiophene rings is 1. The van der Waals surface area contributed by atoms with E-state index in [2.05, 4.69) is 85.0 Å². The first-order chi connectivity index (χ1) is 15.0. The second kappa shape index (κ2) is 6.88. The summed E-state index contributed by atoms with van der Waals surface area (Å²) in [7, 11) is 0. The molecule has 0 bridgehead atoms. The van der Waals surface area contributed by atoms with E-state index in [9.17, 15) is 10.1 Å². The average Bonchev–Trinajstić information content (AvgIpc) is 3.27. The molecule has 2 aromatic heterocycles. The summed E-state index contributed by atoms with van der Waals surface area (Å²) in [5, 5.41) is 16.1. The van der Waals surface area contributed by atoms with E-state index in [4.69, 9.17) is 0 Å². The molecule has 4 aromatic carbocycles. The predicted molar refractivity (Wildman–Crippen MR) is 136 cm³/mol. The number of hydrogen-bond acceptors (Lipinski definition) is 3. The van der Waals surface area contributed by atoms with E-state index in [1.54, 1.807) is 23.5 Å². The highest BCUT2D eigenvalue weighted by Crippen LogP contribution is 2.43. The number of nitrogens with zero attached hydrogens (tertiary/aromatic N) is 2. The number of fused-ring (bicyclic) bond motifs is 6. The van der Waals surface area contributed by atoms with Crippen LogP contribution in [-0.4, -0.2) is 9.49 Å². The molecular formula is C24H12Br2N2O2S. The second-order valence-corrected chi connectivity index (χ2v) is 10.1. The molecule has 6 rings (SSSR count). The maximum atomic E-state index is 11.3. The summed E-state index contributed by atoms with van der Waals surface area (Å²) in [5.74, 6) is 0. The number of nitro benzene ring substituents is 1. The smallest absolute Gasteiger partial charge is 0.271 e. The van der Waals surface area contributed by atoms with Gasteiger partial charge in [-0.25, -0.2) is 0 Å². The third kappa shape index (κ3) is 2.77. The van der Waals surface area contributed by atoms with E-state index in [0.29, 0.717) is 8.95 Å². The number of rotatable bonds is 2. The third-order valence-electron chi connectivity index (χ3n) is 5.61. The zero-order valence-corrected chi connectivity index (χ0v) is 19.8. The lowest BCUT2D eigenvalue weighted by molar-refractivity contribution is -0.385. The molecule has 0 fully saturated rings. The molecule has 4 nitrogen and oxygen atoms in total. The lowest BCUT2D eigenvalue weighted by Gasteiger charge is -2.12. The molecule has 0 aliphatic rings. The van der Waals surface area contributed by atoms with Crippen molar-refractivity contribution in [2.75, 3.05) is 0 Å². The predicted octanol–water partition coefficient (Wildman–Crippen LogP) is 8.58. The zero-order chi connectivity index (χ0) is 21.3. The van der Waals surface area contributed by atoms with E-state index in [1.807, 2.05) is 12.1 Å². The van der Waals surface area contributed by atoms with E-state index in [0.717, 1.165) is 27.5 Å². The van der Waals surface area contributed by atoms with Gasteiger partial charge in [-0.15, -0.1) is 11.3 Å². The highest BCUT2D eigenvalue weighted by molar-refractivity contribution is 9.11. The molecule has 0 amide bonds. The molecule has 31 heavy (non-hydrogen) atoms. The monoisotopic (exact) mass is 550 g/mol. The number of hydrogen-bond donors (Lipinski definition) is 0. The Labute approximate surface area is 197 Å². The summed E-state index contributed by atoms with van der Waals surface area (Å²) in [5.41, 5.74) is 3.00. The molecule has 7 heteroatoms. The number of aromatic nitrogens is 1. The molecule has 2 heterocycles. The van der Waals surface area contributed by atoms with Crippen molar-refractivity contribution in [3.8, 4) is 5.69 Å². The standard InChI is InChI=1S/C24H12Br2N2O2S/c25-18-9-13(28(29)30)10-19(26)24(18)27-20-7-3-1-5-14(20)16-11-17-15-6-2-4-8-22(15)31-23(17)12-21(16)27/h1-12H. The molecule has 0 spiro atoms. The minimum atomic E-state index is -0.383. The van der Waals surface area contributed by atoms with Crippen molar-refractivity contribution in [1.29, 1.82) is 0 Å². The number of non-ortho nitro benzene ring substituents is 1. The van der Waals surface area contributed by atoms with Crippen molar-refractivity contribution in [2.24, 2.45) is 0 Å². The summed E-state index contributed by atoms with van der Waals surface area (Å²) in [6.45, 7) is 0. The van der Waals surface area contributed by atoms with Crippen LogP contribution in [0.3, 0.4) is 0 Å². The van der Waals surface area contributed by atoms with Crippen LogP contribution < -0.4 is 0 Å². The first-order valence-electron chi connectivity index (χ1n) is 9.51. The number of para-hydroxylation sites is 1. The maximum absolute atomic E-state index is 11.3. The maximum Gasteiger partial charge on any atom is 0.271 e. The van der Waals surface area contributed by atoms with Crippen molar-refractivity contribution in [2.45, 2.75) is 0 Å². The van der Waals surface area contributed by atoms with Gasteiger partial charge in [0.15, 0.2) is 0 Å². The van der Waals surface area contributed by atoms with Gasteiger partial charge in [-0.1, -0.05) is 36.4 Å². The lowest BCUT2D eigenvalue weighted by atomic mass is 10.1. The Morgan fingerprint density at radius 1 is 0.742 bits per heavy atom. The molecule has 0 atom stereocenters. The van der Waals surface area contributed by atoms with Gasteiger partial charge >= 0.3 is 0 Å². The van der Waals surface area contributed by atoms with Crippen LogP contribution >= 0.6 is 43.2 Å². The molecule has 0 aliphatic carbocycles. The van der Waals surface area contributed by atoms with E-state index in [1.165, 1.54) is 20.2 Å². The number of halogens is 2. The van der Waals surface area contributed by atoms with Crippen molar-refractivity contribution >= 4 is 90.9 Å². The number of benzene rings is 4. The Balaban J connectivity index is 1.79. The highest BCUT2D eigenvalue weighted by atomic mass is 79.9. The van der Waals surface area contributed by atoms with E-state index in [-0.39, 0.29) is 10.6 Å². The Morgan fingerprint density at radius 2 is 1.42 bits per heavy atom. The van der Waals surface area contributed by atoms with Crippen LogP contribution in [0.5, 0.6) is 0 Å². The summed E-state index contributed by atoms with van der Waals surface area (Å²) in [4.78, 5) is 10.9. The SMILES string of the molecule is O=[N+]([O-])c1cc(Br)c(-n2c3ccccc3c3cc4c(cc32)sc2ccccc24)c(Br)c1. The Hall–Kier alpha value is -2.74. The van der Waals surface area contributed by atoms with Gasteiger partial charge < -0.3 is 4.57 Å². The first kappa shape index (κ1) is 19.0. The van der Waals surface area contributed by atoms with Gasteiger partial charge in [-0.3, -0.25) is 10.1 Å². The fourth-order valence-electron chi connectivity index (χ4n) is 4.30. The Bertz CT molecular complexity index is 1680. The van der Waals surface area contributed by atoms with Crippen molar-refractivity contribution in [1.82, 2.24) is 4.57 Å². The lowest BCUT2D eigenvalue weighted by Crippen LogP contribution is -1.98. The van der Waals surface area contributed by atoms with Crippen LogP contribution in [-0.2, 0) is 0 Å². The third-order valence-corrected chi connectivity index (χ3v) is 7.95. The summed E-state index contributed by atoms with van der Waals surface area (Å²) in [6.07, 6.45) is 0. The van der Waals surface area contributed by atoms with Gasteiger partial charge in [-0.2, -0.15) is 0 Å². The van der Waals surface area contributed by atoms with Gasteiger partial charge in [0.25, 0.3) is 5.69 Å². The van der Waals surface area contributed by atoms with Gasteiger partial charge in [-0.05, 0) is 56.1 Å². The largest absolute Gasteiger partial charge is 0.307 e. The van der Waals surface area contributed by atoms with Gasteiger partial charge in [0, 0.05) is 52.0 Å². The summed E-state index contributed by atoms with van der Waals surface area (Å²) < 4.78 is 5.97. The normalized spacial score (nSPS) is 11.8. The summed E-state index contributed by atoms with van der Waals surface area (Å²) in [6, 6.07) is 24.4. The van der Waals surface area contributed by atoms with Crippen LogP contribution in [0.25, 0.3) is 47.7 Å². The van der Waals surface area contributed by atoms with Gasteiger partial charge in [0.1, 0.15) is 0 Å². The fourth-order valence-corrected chi connectivity index (χ4v) is 6.94. The molecule has 0 N–H and O–H groups in total. The van der Waals surface area contributed by atoms with Crippen LogP contribution in [0, 0.1) is 10.1 Å². The molecule has 6 aromatic rings. The van der Waals surface area contributed by atoms with E-state index >= 15 is 0 Å². The van der Waals surface area contributed by atoms with Crippen molar-refractivity contribution in [3.05, 3.63) is 91.9 Å². The molecule has 0 saturated carbocycles. The first-order valence-corrected chi connectivity index (χ1v) is 11.9. The second-order valence-electron chi connectivity index (χ2n) is 7.33. The van der Waals surface area contributed by atoms with Crippen molar-refractivity contribution in [3.63, 3.8) is 0 Å². The minimum Gasteiger partial charge on any atom is -0.307 e. The Kier molecular flexibility index (Phi) is 4.21. The number of nitro groups is 1. The van der Waals surface area contributed by atoms with Gasteiger partial charge in [0.05, 0.1) is 21.6 Å². The quantitative estimate of drug-likeness (QED) is 0.160. The van der Waals surface area contributed by atoms with Gasteiger partial charge in [0.2, 0.25) is 0 Å². The molecule has 150 valence electrons. The zero-order valence-electron chi connectivity index (χ0n) is 15.8. The highest BCUT2D eigenvalue weighted by Gasteiger charge is 2.21. The van der Waals surface area contributed by atoms with Crippen molar-refractivity contribution < 1.29 is 4.92 Å². The molecule has 0 unspecified atom stereocenters. The summed E-state index contributed by atoms with van der Waals surface area (Å²) >= 11 is 8.95.